The van der Waals surface area contributed by atoms with E-state index in [4.69, 9.17) is 14.2 Å². The number of ether oxygens (including phenoxy) is 3. The summed E-state index contributed by atoms with van der Waals surface area (Å²) in [5, 5.41) is 11.9. The summed E-state index contributed by atoms with van der Waals surface area (Å²) < 4.78 is 17.6. The molecule has 0 spiro atoms. The molecule has 5 aliphatic rings. The van der Waals surface area contributed by atoms with Crippen LogP contribution in [0.4, 0.5) is 0 Å². The van der Waals surface area contributed by atoms with Crippen molar-refractivity contribution in [2.24, 2.45) is 45.3 Å². The van der Waals surface area contributed by atoms with E-state index < -0.39 is 0 Å². The molecule has 0 aromatic heterocycles. The van der Waals surface area contributed by atoms with Gasteiger partial charge < -0.3 is 19.3 Å². The van der Waals surface area contributed by atoms with Gasteiger partial charge in [0.2, 0.25) is 0 Å². The lowest BCUT2D eigenvalue weighted by Gasteiger charge is -2.70. The normalized spacial score (nSPS) is 55.5. The molecular formula is C27H44O4. The molecule has 0 aromatic rings. The van der Waals surface area contributed by atoms with Crippen molar-refractivity contribution < 1.29 is 19.3 Å². The van der Waals surface area contributed by atoms with Gasteiger partial charge in [-0.25, -0.2) is 0 Å². The lowest BCUT2D eigenvalue weighted by molar-refractivity contribution is -0.255. The smallest absolute Gasteiger partial charge is 0.183 e. The highest BCUT2D eigenvalue weighted by atomic mass is 16.8. The Morgan fingerprint density at radius 2 is 1.65 bits per heavy atom. The second kappa shape index (κ2) is 7.04. The van der Waals surface area contributed by atoms with Crippen molar-refractivity contribution in [2.45, 2.75) is 98.2 Å². The highest BCUT2D eigenvalue weighted by molar-refractivity contribution is 5.29. The largest absolute Gasteiger partial charge is 0.393 e. The van der Waals surface area contributed by atoms with Crippen LogP contribution in [0.25, 0.3) is 0 Å². The number of fused-ring (bicyclic) bond motifs is 7. The first-order valence-electron chi connectivity index (χ1n) is 12.6. The molecule has 1 saturated heterocycles. The van der Waals surface area contributed by atoms with E-state index in [1.165, 1.54) is 37.7 Å². The predicted molar refractivity (Wildman–Crippen MR) is 121 cm³/mol. The Morgan fingerprint density at radius 1 is 0.935 bits per heavy atom. The third kappa shape index (κ3) is 2.74. The molecule has 0 aromatic carbocycles. The van der Waals surface area contributed by atoms with Gasteiger partial charge in [-0.2, -0.15) is 0 Å². The van der Waals surface area contributed by atoms with Crippen molar-refractivity contribution in [3.63, 3.8) is 0 Å². The number of hydrogen-bond donors (Lipinski definition) is 1. The molecule has 2 unspecified atom stereocenters. The predicted octanol–water partition coefficient (Wildman–Crippen LogP) is 5.54. The molecule has 0 bridgehead atoms. The molecule has 5 rings (SSSR count). The summed E-state index contributed by atoms with van der Waals surface area (Å²) in [5.74, 6) is 1.82. The summed E-state index contributed by atoms with van der Waals surface area (Å²) in [5.41, 5.74) is 1.90. The van der Waals surface area contributed by atoms with Crippen LogP contribution in [-0.4, -0.2) is 38.0 Å². The van der Waals surface area contributed by atoms with Crippen LogP contribution in [0, 0.1) is 45.3 Å². The Hall–Kier alpha value is -0.420. The molecule has 0 radical (unpaired) electrons. The Bertz CT molecular complexity index is 760. The zero-order chi connectivity index (χ0) is 22.4. The van der Waals surface area contributed by atoms with Gasteiger partial charge in [0.15, 0.2) is 12.6 Å². The summed E-state index contributed by atoms with van der Waals surface area (Å²) in [4.78, 5) is 0. The van der Waals surface area contributed by atoms with E-state index in [2.05, 4.69) is 40.7 Å². The van der Waals surface area contributed by atoms with Crippen molar-refractivity contribution in [1.29, 1.82) is 0 Å². The molecule has 0 amide bonds. The van der Waals surface area contributed by atoms with Gasteiger partial charge >= 0.3 is 0 Å². The Kier molecular flexibility index (Phi) is 5.08. The minimum Gasteiger partial charge on any atom is -0.393 e. The Balaban J connectivity index is 1.58. The first-order valence-corrected chi connectivity index (χ1v) is 12.6. The van der Waals surface area contributed by atoms with Gasteiger partial charge in [0.1, 0.15) is 0 Å². The molecule has 10 atom stereocenters. The monoisotopic (exact) mass is 432 g/mol. The van der Waals surface area contributed by atoms with Gasteiger partial charge in [-0.15, -0.1) is 0 Å². The summed E-state index contributed by atoms with van der Waals surface area (Å²) in [6.07, 6.45) is 9.84. The summed E-state index contributed by atoms with van der Waals surface area (Å²) in [7, 11) is 3.43. The number of hydrogen-bond acceptors (Lipinski definition) is 4. The van der Waals surface area contributed by atoms with Gasteiger partial charge in [0.25, 0.3) is 0 Å². The lowest BCUT2D eigenvalue weighted by atomic mass is 9.34. The minimum atomic E-state index is -0.349. The molecule has 1 aliphatic heterocycles. The number of aliphatic hydroxyl groups is 1. The molecule has 1 heterocycles. The van der Waals surface area contributed by atoms with Gasteiger partial charge in [-0.1, -0.05) is 47.1 Å². The van der Waals surface area contributed by atoms with Gasteiger partial charge in [-0.3, -0.25) is 0 Å². The van der Waals surface area contributed by atoms with Crippen molar-refractivity contribution in [3.8, 4) is 0 Å². The molecule has 31 heavy (non-hydrogen) atoms. The molecule has 176 valence electrons. The highest BCUT2D eigenvalue weighted by Gasteiger charge is 2.70. The quantitative estimate of drug-likeness (QED) is 0.582. The molecule has 4 heteroatoms. The number of methoxy groups -OCH3 is 2. The van der Waals surface area contributed by atoms with Gasteiger partial charge in [0, 0.05) is 25.6 Å². The van der Waals surface area contributed by atoms with E-state index in [9.17, 15) is 5.11 Å². The molecule has 4 fully saturated rings. The van der Waals surface area contributed by atoms with E-state index >= 15 is 0 Å². The molecule has 3 saturated carbocycles. The average molecular weight is 433 g/mol. The van der Waals surface area contributed by atoms with Crippen LogP contribution in [0.15, 0.2) is 11.6 Å². The fourth-order valence-corrected chi connectivity index (χ4v) is 10.1. The SMILES string of the molecule is COC1OC(OC)[C@H]2C1=CC[C@H]1[C@]3(C)CC[C@H]4C(C)(C)CCC[C@]4(C)[C@H]3C[C@@H](O)[C@]21C. The summed E-state index contributed by atoms with van der Waals surface area (Å²) >= 11 is 0. The molecule has 4 nitrogen and oxygen atoms in total. The fraction of sp³-hybridized carbons (Fsp3) is 0.926. The molecule has 4 aliphatic carbocycles. The maximum Gasteiger partial charge on any atom is 0.183 e. The van der Waals surface area contributed by atoms with E-state index in [1.54, 1.807) is 14.2 Å². The van der Waals surface area contributed by atoms with Crippen LogP contribution in [0.5, 0.6) is 0 Å². The van der Waals surface area contributed by atoms with Crippen LogP contribution >= 0.6 is 0 Å². The van der Waals surface area contributed by atoms with Gasteiger partial charge in [-0.05, 0) is 78.1 Å². The van der Waals surface area contributed by atoms with Crippen LogP contribution in [0.1, 0.15) is 79.6 Å². The second-order valence-electron chi connectivity index (χ2n) is 12.9. The van der Waals surface area contributed by atoms with Crippen LogP contribution in [-0.2, 0) is 14.2 Å². The third-order valence-electron chi connectivity index (χ3n) is 11.4. The standard InChI is InChI=1S/C27H44O4/c1-24(2)12-8-13-25(3)17(24)11-14-26(4)18-10-9-16-21(23(30-7)31-22(16)29-6)27(18,5)20(28)15-19(25)26/h9,17-23,28H,8,10-15H2,1-7H3/t17-,18-,19+,20+,21+,22?,23?,25-,26-,27+/m0/s1. The second-order valence-corrected chi connectivity index (χ2v) is 12.9. The number of aliphatic hydroxyl groups excluding tert-OH is 1. The van der Waals surface area contributed by atoms with Crippen molar-refractivity contribution in [3.05, 3.63) is 11.6 Å². The zero-order valence-corrected chi connectivity index (χ0v) is 20.7. The van der Waals surface area contributed by atoms with Crippen molar-refractivity contribution in [1.82, 2.24) is 0 Å². The van der Waals surface area contributed by atoms with Crippen LogP contribution in [0.3, 0.4) is 0 Å². The molecular weight excluding hydrogens is 388 g/mol. The van der Waals surface area contributed by atoms with Gasteiger partial charge in [0.05, 0.1) is 6.10 Å². The summed E-state index contributed by atoms with van der Waals surface area (Å²) in [6, 6.07) is 0. The zero-order valence-electron chi connectivity index (χ0n) is 20.7. The lowest BCUT2D eigenvalue weighted by Crippen LogP contribution is -2.66. The van der Waals surface area contributed by atoms with Crippen LogP contribution in [0.2, 0.25) is 0 Å². The van der Waals surface area contributed by atoms with Crippen molar-refractivity contribution >= 4 is 0 Å². The number of allylic oxidation sites excluding steroid dienone is 1. The van der Waals surface area contributed by atoms with Crippen LogP contribution < -0.4 is 0 Å². The topological polar surface area (TPSA) is 47.9 Å². The Morgan fingerprint density at radius 3 is 2.32 bits per heavy atom. The maximum atomic E-state index is 11.9. The minimum absolute atomic E-state index is 0.0577. The Labute approximate surface area is 189 Å². The third-order valence-corrected chi connectivity index (χ3v) is 11.4. The fourth-order valence-electron chi connectivity index (χ4n) is 10.1. The van der Waals surface area contributed by atoms with E-state index in [0.29, 0.717) is 22.7 Å². The van der Waals surface area contributed by atoms with E-state index in [-0.39, 0.29) is 35.4 Å². The summed E-state index contributed by atoms with van der Waals surface area (Å²) in [6.45, 7) is 12.5. The number of rotatable bonds is 2. The van der Waals surface area contributed by atoms with E-state index in [1.807, 2.05) is 0 Å². The first-order chi connectivity index (χ1) is 14.5. The maximum absolute atomic E-state index is 11.9. The van der Waals surface area contributed by atoms with Crippen molar-refractivity contribution in [2.75, 3.05) is 14.2 Å². The highest BCUT2D eigenvalue weighted by Crippen LogP contribution is 2.73. The molecule has 1 N–H and O–H groups in total. The van der Waals surface area contributed by atoms with E-state index in [0.717, 1.165) is 18.8 Å². The first kappa shape index (κ1) is 22.4. The average Bonchev–Trinajstić information content (AvgIpc) is 3.08.